The Hall–Kier alpha value is -3.07. The van der Waals surface area contributed by atoms with E-state index >= 15 is 0 Å². The molecule has 2 rings (SSSR count). The molecule has 0 aliphatic rings. The molecular formula is C22H25F3N2O4. The maximum Gasteiger partial charge on any atom is 0.412 e. The van der Waals surface area contributed by atoms with Gasteiger partial charge in [-0.25, -0.2) is 4.79 Å². The van der Waals surface area contributed by atoms with Crippen LogP contribution in [0.15, 0.2) is 48.5 Å². The van der Waals surface area contributed by atoms with Crippen molar-refractivity contribution in [2.75, 3.05) is 11.9 Å². The smallest absolute Gasteiger partial charge is 0.412 e. The molecule has 6 nitrogen and oxygen atoms in total. The quantitative estimate of drug-likeness (QED) is 0.635. The normalized spacial score (nSPS) is 11.7. The predicted molar refractivity (Wildman–Crippen MR) is 110 cm³/mol. The van der Waals surface area contributed by atoms with Crippen molar-refractivity contribution in [3.8, 4) is 0 Å². The van der Waals surface area contributed by atoms with E-state index in [-0.39, 0.29) is 19.1 Å². The zero-order valence-electron chi connectivity index (χ0n) is 17.5. The van der Waals surface area contributed by atoms with Crippen molar-refractivity contribution in [2.24, 2.45) is 0 Å². The fourth-order valence-corrected chi connectivity index (χ4v) is 2.45. The summed E-state index contributed by atoms with van der Waals surface area (Å²) in [4.78, 5) is 24.1. The Labute approximate surface area is 178 Å². The summed E-state index contributed by atoms with van der Waals surface area (Å²) in [5, 5.41) is 5.34. The predicted octanol–water partition coefficient (Wildman–Crippen LogP) is 5.04. The third-order valence-corrected chi connectivity index (χ3v) is 3.80. The number of anilines is 1. The van der Waals surface area contributed by atoms with E-state index in [2.05, 4.69) is 15.4 Å². The van der Waals surface area contributed by atoms with Gasteiger partial charge in [0, 0.05) is 17.8 Å². The average molecular weight is 438 g/mol. The fraction of sp³-hybridized carbons (Fsp3) is 0.364. The van der Waals surface area contributed by atoms with Crippen molar-refractivity contribution < 1.29 is 32.2 Å². The number of benzene rings is 2. The van der Waals surface area contributed by atoms with Crippen molar-refractivity contribution in [2.45, 2.75) is 45.7 Å². The van der Waals surface area contributed by atoms with Gasteiger partial charge in [-0.2, -0.15) is 13.2 Å². The lowest BCUT2D eigenvalue weighted by atomic mass is 10.1. The standard InChI is InChI=1S/C22H25F3N2O4/c1-21(2,3)31-20(29)27-18-10-8-17(9-11-18)19(28)26-12-15-4-6-16(7-5-15)13-30-14-22(23,24)25/h4-11H,12-14H2,1-3H3,(H,26,28)(H,27,29). The highest BCUT2D eigenvalue weighted by Crippen LogP contribution is 2.16. The average Bonchev–Trinajstić information content (AvgIpc) is 2.65. The number of carbonyl (C=O) groups is 2. The van der Waals surface area contributed by atoms with Crippen molar-refractivity contribution in [3.63, 3.8) is 0 Å². The van der Waals surface area contributed by atoms with E-state index in [1.807, 2.05) is 0 Å². The molecule has 0 radical (unpaired) electrons. The molecule has 0 saturated carbocycles. The molecule has 31 heavy (non-hydrogen) atoms. The first-order valence-corrected chi connectivity index (χ1v) is 9.52. The van der Waals surface area contributed by atoms with Gasteiger partial charge in [-0.15, -0.1) is 0 Å². The number of halogens is 3. The maximum absolute atomic E-state index is 12.3. The van der Waals surface area contributed by atoms with Gasteiger partial charge >= 0.3 is 12.3 Å². The van der Waals surface area contributed by atoms with Crippen molar-refractivity contribution in [3.05, 3.63) is 65.2 Å². The zero-order chi connectivity index (χ0) is 23.1. The van der Waals surface area contributed by atoms with Crippen LogP contribution in [0.25, 0.3) is 0 Å². The zero-order valence-corrected chi connectivity index (χ0v) is 17.5. The summed E-state index contributed by atoms with van der Waals surface area (Å²) in [7, 11) is 0. The summed E-state index contributed by atoms with van der Waals surface area (Å²) < 4.78 is 46.0. The molecule has 2 amide bonds. The van der Waals surface area contributed by atoms with E-state index in [0.29, 0.717) is 16.8 Å². The van der Waals surface area contributed by atoms with Crippen molar-refractivity contribution >= 4 is 17.7 Å². The second kappa shape index (κ2) is 10.3. The van der Waals surface area contributed by atoms with Crippen LogP contribution in [-0.4, -0.2) is 30.4 Å². The van der Waals surface area contributed by atoms with E-state index in [1.54, 1.807) is 69.3 Å². The lowest BCUT2D eigenvalue weighted by Crippen LogP contribution is -2.27. The number of alkyl halides is 3. The Balaban J connectivity index is 1.81. The van der Waals surface area contributed by atoms with Gasteiger partial charge in [-0.3, -0.25) is 10.1 Å². The Morgan fingerprint density at radius 1 is 0.903 bits per heavy atom. The molecule has 0 spiro atoms. The number of nitrogens with one attached hydrogen (secondary N) is 2. The summed E-state index contributed by atoms with van der Waals surface area (Å²) in [5.74, 6) is -0.304. The SMILES string of the molecule is CC(C)(C)OC(=O)Nc1ccc(C(=O)NCc2ccc(COCC(F)(F)F)cc2)cc1. The summed E-state index contributed by atoms with van der Waals surface area (Å²) in [6.45, 7) is 4.09. The summed E-state index contributed by atoms with van der Waals surface area (Å²) in [6.07, 6.45) is -4.94. The van der Waals surface area contributed by atoms with Crippen LogP contribution in [0.3, 0.4) is 0 Å². The molecule has 2 aromatic carbocycles. The number of rotatable bonds is 7. The maximum atomic E-state index is 12.3. The Morgan fingerprint density at radius 2 is 1.48 bits per heavy atom. The van der Waals surface area contributed by atoms with Crippen LogP contribution >= 0.6 is 0 Å². The minimum atomic E-state index is -4.35. The number of hydrogen-bond acceptors (Lipinski definition) is 4. The molecule has 0 aliphatic heterocycles. The molecule has 168 valence electrons. The van der Waals surface area contributed by atoms with Crippen LogP contribution in [0.5, 0.6) is 0 Å². The van der Waals surface area contributed by atoms with Gasteiger partial charge in [0.2, 0.25) is 0 Å². The van der Waals surface area contributed by atoms with Gasteiger partial charge in [0.25, 0.3) is 5.91 Å². The highest BCUT2D eigenvalue weighted by atomic mass is 19.4. The number of carbonyl (C=O) groups excluding carboxylic acids is 2. The largest absolute Gasteiger partial charge is 0.444 e. The topological polar surface area (TPSA) is 76.7 Å². The minimum Gasteiger partial charge on any atom is -0.444 e. The number of hydrogen-bond donors (Lipinski definition) is 2. The molecule has 2 N–H and O–H groups in total. The molecule has 0 fully saturated rings. The second-order valence-electron chi connectivity index (χ2n) is 7.81. The molecule has 0 unspecified atom stereocenters. The van der Waals surface area contributed by atoms with Gasteiger partial charge in [-0.1, -0.05) is 24.3 Å². The first-order valence-electron chi connectivity index (χ1n) is 9.52. The van der Waals surface area contributed by atoms with Crippen molar-refractivity contribution in [1.29, 1.82) is 0 Å². The first kappa shape index (κ1) is 24.2. The molecule has 0 saturated heterocycles. The summed E-state index contributed by atoms with van der Waals surface area (Å²) in [6, 6.07) is 13.0. The highest BCUT2D eigenvalue weighted by Gasteiger charge is 2.27. The van der Waals surface area contributed by atoms with E-state index in [0.717, 1.165) is 5.56 Å². The highest BCUT2D eigenvalue weighted by molar-refractivity contribution is 5.95. The van der Waals surface area contributed by atoms with Crippen LogP contribution in [0, 0.1) is 0 Å². The Kier molecular flexibility index (Phi) is 8.04. The lowest BCUT2D eigenvalue weighted by Gasteiger charge is -2.19. The minimum absolute atomic E-state index is 0.143. The van der Waals surface area contributed by atoms with Gasteiger partial charge < -0.3 is 14.8 Å². The van der Waals surface area contributed by atoms with E-state index in [4.69, 9.17) is 4.74 Å². The van der Waals surface area contributed by atoms with Crippen LogP contribution < -0.4 is 10.6 Å². The fourth-order valence-electron chi connectivity index (χ4n) is 2.45. The molecule has 0 bridgehead atoms. The van der Waals surface area contributed by atoms with Gasteiger partial charge in [0.15, 0.2) is 0 Å². The summed E-state index contributed by atoms with van der Waals surface area (Å²) >= 11 is 0. The monoisotopic (exact) mass is 438 g/mol. The Bertz CT molecular complexity index is 874. The van der Waals surface area contributed by atoms with E-state index in [9.17, 15) is 22.8 Å². The molecular weight excluding hydrogens is 413 g/mol. The molecule has 0 atom stereocenters. The van der Waals surface area contributed by atoms with Crippen molar-refractivity contribution in [1.82, 2.24) is 5.32 Å². The van der Waals surface area contributed by atoms with Crippen LogP contribution in [-0.2, 0) is 22.6 Å². The number of ether oxygens (including phenoxy) is 2. The van der Waals surface area contributed by atoms with Gasteiger partial charge in [0.1, 0.15) is 12.2 Å². The lowest BCUT2D eigenvalue weighted by molar-refractivity contribution is -0.176. The molecule has 0 aliphatic carbocycles. The van der Waals surface area contributed by atoms with E-state index < -0.39 is 24.5 Å². The van der Waals surface area contributed by atoms with Crippen LogP contribution in [0.4, 0.5) is 23.7 Å². The van der Waals surface area contributed by atoms with Gasteiger partial charge in [-0.05, 0) is 56.2 Å². The third kappa shape index (κ3) is 9.52. The first-order chi connectivity index (χ1) is 14.4. The van der Waals surface area contributed by atoms with Crippen LogP contribution in [0.1, 0.15) is 42.3 Å². The second-order valence-corrected chi connectivity index (χ2v) is 7.81. The van der Waals surface area contributed by atoms with E-state index in [1.165, 1.54) is 0 Å². The molecule has 0 heterocycles. The number of amides is 2. The summed E-state index contributed by atoms with van der Waals surface area (Å²) in [5.41, 5.74) is 1.68. The molecule has 0 aromatic heterocycles. The van der Waals surface area contributed by atoms with Gasteiger partial charge in [0.05, 0.1) is 6.61 Å². The Morgan fingerprint density at radius 3 is 2.03 bits per heavy atom. The molecule has 2 aromatic rings. The third-order valence-electron chi connectivity index (χ3n) is 3.80. The molecule has 9 heteroatoms. The van der Waals surface area contributed by atoms with Crippen LogP contribution in [0.2, 0.25) is 0 Å².